The third kappa shape index (κ3) is 11.5. The van der Waals surface area contributed by atoms with Crippen molar-refractivity contribution in [2.45, 2.75) is 101 Å². The van der Waals surface area contributed by atoms with Crippen molar-refractivity contribution in [2.75, 3.05) is 38.4 Å². The largest absolute Gasteiger partial charge is 0.475 e. The Balaban J connectivity index is 1.13. The zero-order valence-corrected chi connectivity index (χ0v) is 42.9. The highest BCUT2D eigenvalue weighted by Crippen LogP contribution is 2.57. The van der Waals surface area contributed by atoms with E-state index in [9.17, 15) is 25.0 Å². The predicted octanol–water partition coefficient (Wildman–Crippen LogP) is 6.15. The number of nitriles is 2. The van der Waals surface area contributed by atoms with Gasteiger partial charge in [-0.3, -0.25) is 41.1 Å². The van der Waals surface area contributed by atoms with Gasteiger partial charge < -0.3 is 24.3 Å². The highest BCUT2D eigenvalue weighted by atomic mass is 31.2. The number of ether oxygens (including phenoxy) is 2. The molecule has 0 saturated carbocycles. The molecule has 0 aliphatic carbocycles. The maximum absolute atomic E-state index is 17.3. The third-order valence-corrected chi connectivity index (χ3v) is 19.6. The van der Waals surface area contributed by atoms with E-state index in [4.69, 9.17) is 41.0 Å². The first-order valence-corrected chi connectivity index (χ1v) is 28.5. The summed E-state index contributed by atoms with van der Waals surface area (Å²) in [6, 6.07) is 12.1. The standard InChI is InChI=1S/C43H52FN13O13P2Si/c1-7-17-62-71(60,63-18-11-15-45)68-33-29(67-41(30(33)44)55-24-50-31-36(47-22-48-37(31)55)54-40(59)27-13-9-8-10-14-27)21-65-72(61,64-19-12-16-46)69-34-28(20-58)66-42(35(34)70-73(5,6)43(2,3)4)56-25-51-32-38(56)52-26-57-39(32)49-23-53-57/h7-10,13-14,22-26,28-30,33-35,41-42,58H,1,11-12,17-21H2,2-6H3,(H,47,48,54,59)/t28-,29-,30-,33-,34-,35?,41-,42-,71?,72?/m1/s1. The number of aliphatic hydroxyl groups excluding tert-OH is 1. The van der Waals surface area contributed by atoms with Gasteiger partial charge in [-0.1, -0.05) is 45.0 Å². The minimum atomic E-state index is -5.01. The number of aromatic nitrogens is 10. The number of rotatable bonds is 23. The lowest BCUT2D eigenvalue weighted by molar-refractivity contribution is -0.0592. The number of carbonyl (C=O) groups excluding carboxylic acids is 1. The molecular formula is C43H52FN13O13P2Si. The fraction of sp³-hybridized carbons (Fsp3) is 0.488. The molecule has 30 heteroatoms. The van der Waals surface area contributed by atoms with Crippen LogP contribution < -0.4 is 5.32 Å². The van der Waals surface area contributed by atoms with E-state index in [2.05, 4.69) is 46.9 Å². The topological polar surface area (TPSA) is 319 Å². The van der Waals surface area contributed by atoms with E-state index in [0.29, 0.717) is 22.4 Å². The first-order chi connectivity index (χ1) is 34.9. The van der Waals surface area contributed by atoms with Crippen LogP contribution in [0, 0.1) is 22.7 Å². The molecule has 5 aromatic heterocycles. The number of nitrogens with one attached hydrogen (secondary N) is 1. The van der Waals surface area contributed by atoms with Gasteiger partial charge in [0.05, 0.1) is 70.7 Å². The zero-order valence-electron chi connectivity index (χ0n) is 40.1. The monoisotopic (exact) mass is 1070 g/mol. The number of phosphoric acid groups is 2. The second kappa shape index (κ2) is 22.3. The zero-order chi connectivity index (χ0) is 52.1. The molecule has 8 rings (SSSR count). The van der Waals surface area contributed by atoms with E-state index in [1.165, 1.54) is 40.5 Å². The Labute approximate surface area is 417 Å². The second-order valence-electron chi connectivity index (χ2n) is 18.0. The van der Waals surface area contributed by atoms with Crippen LogP contribution in [0.2, 0.25) is 18.1 Å². The van der Waals surface area contributed by atoms with Gasteiger partial charge >= 0.3 is 15.6 Å². The smallest absolute Gasteiger partial charge is 0.407 e. The van der Waals surface area contributed by atoms with Crippen LogP contribution in [0.15, 0.2) is 74.6 Å². The molecule has 0 radical (unpaired) electrons. The molecule has 0 spiro atoms. The molecule has 26 nitrogen and oxygen atoms in total. The average molecular weight is 1070 g/mol. The van der Waals surface area contributed by atoms with Crippen molar-refractivity contribution in [3.63, 3.8) is 0 Å². The van der Waals surface area contributed by atoms with Gasteiger partial charge in [0.1, 0.15) is 49.5 Å². The normalized spacial score (nSPS) is 24.1. The van der Waals surface area contributed by atoms with Crippen molar-refractivity contribution in [3.05, 3.63) is 80.2 Å². The molecule has 73 heavy (non-hydrogen) atoms. The van der Waals surface area contributed by atoms with Crippen molar-refractivity contribution in [1.82, 2.24) is 48.7 Å². The van der Waals surface area contributed by atoms with E-state index in [1.54, 1.807) is 34.9 Å². The number of amides is 1. The summed E-state index contributed by atoms with van der Waals surface area (Å²) in [5, 5.41) is 36.0. The summed E-state index contributed by atoms with van der Waals surface area (Å²) in [5.74, 6) is -0.527. The molecule has 1 aromatic carbocycles. The van der Waals surface area contributed by atoms with Gasteiger partial charge in [-0.05, 0) is 30.3 Å². The number of phosphoric ester groups is 2. The van der Waals surface area contributed by atoms with Crippen molar-refractivity contribution in [3.8, 4) is 12.1 Å². The number of halogens is 1. The maximum atomic E-state index is 17.3. The first-order valence-electron chi connectivity index (χ1n) is 22.7. The fourth-order valence-corrected chi connectivity index (χ4v) is 11.6. The van der Waals surface area contributed by atoms with Crippen LogP contribution in [0.3, 0.4) is 0 Å². The predicted molar refractivity (Wildman–Crippen MR) is 255 cm³/mol. The molecular weight excluding hydrogens is 1020 g/mol. The minimum Gasteiger partial charge on any atom is -0.407 e. The number of carbonyl (C=O) groups is 1. The summed E-state index contributed by atoms with van der Waals surface area (Å²) >= 11 is 0. The molecule has 6 aromatic rings. The van der Waals surface area contributed by atoms with Crippen LogP contribution in [-0.2, 0) is 50.2 Å². The SMILES string of the molecule is C=CCOP(=O)(OCCC#N)O[C@H]1[C@@H](F)[C@H](n2cnc3c(NC(=O)c4ccccc4)ncnc32)O[C@@H]1COP(=O)(OCCC#N)O[C@H]1C(O[Si](C)(C)C(C)(C)C)[C@H](n2cnc3c2ncn2ncnc32)O[C@@H]1CO. The quantitative estimate of drug-likeness (QED) is 0.0314. The van der Waals surface area contributed by atoms with Crippen molar-refractivity contribution < 1.29 is 64.5 Å². The number of benzene rings is 1. The number of anilines is 1. The van der Waals surface area contributed by atoms with Crippen LogP contribution in [-0.4, -0.2) is 138 Å². The molecule has 7 heterocycles. The lowest BCUT2D eigenvalue weighted by Gasteiger charge is -2.40. The van der Waals surface area contributed by atoms with Gasteiger partial charge in [0, 0.05) is 5.56 Å². The Kier molecular flexibility index (Phi) is 16.4. The van der Waals surface area contributed by atoms with Crippen LogP contribution in [0.1, 0.15) is 56.4 Å². The first kappa shape index (κ1) is 53.5. The van der Waals surface area contributed by atoms with E-state index in [-0.39, 0.29) is 36.4 Å². The third-order valence-electron chi connectivity index (χ3n) is 12.2. The van der Waals surface area contributed by atoms with Crippen LogP contribution in [0.25, 0.3) is 28.0 Å². The van der Waals surface area contributed by atoms with E-state index >= 15 is 8.96 Å². The minimum absolute atomic E-state index is 0.0122. The van der Waals surface area contributed by atoms with Crippen LogP contribution in [0.5, 0.6) is 0 Å². The van der Waals surface area contributed by atoms with Crippen molar-refractivity contribution >= 4 is 63.7 Å². The average Bonchev–Trinajstić information content (AvgIpc) is 4.22. The summed E-state index contributed by atoms with van der Waals surface area (Å²) in [4.78, 5) is 39.3. The molecule has 2 N–H and O–H groups in total. The lowest BCUT2D eigenvalue weighted by Crippen LogP contribution is -2.49. The number of alkyl halides is 1. The lowest BCUT2D eigenvalue weighted by atomic mass is 10.1. The van der Waals surface area contributed by atoms with Crippen molar-refractivity contribution in [2.24, 2.45) is 0 Å². The summed E-state index contributed by atoms with van der Waals surface area (Å²) in [6.45, 7) is 10.6. The molecule has 2 aliphatic heterocycles. The fourth-order valence-electron chi connectivity index (χ4n) is 7.57. The van der Waals surface area contributed by atoms with Gasteiger partial charge in [0.15, 0.2) is 60.7 Å². The summed E-state index contributed by atoms with van der Waals surface area (Å²) in [6.07, 6.45) is -5.32. The Hall–Kier alpha value is -5.81. The van der Waals surface area contributed by atoms with Gasteiger partial charge in [-0.15, -0.1) is 6.58 Å². The Morgan fingerprint density at radius 2 is 1.47 bits per heavy atom. The molecule has 0 bridgehead atoms. The Bertz CT molecular complexity index is 3110. The number of hydrogen-bond donors (Lipinski definition) is 2. The molecule has 3 unspecified atom stereocenters. The number of aliphatic hydroxyl groups is 1. The highest BCUT2D eigenvalue weighted by molar-refractivity contribution is 7.48. The number of imidazole rings is 2. The van der Waals surface area contributed by atoms with Gasteiger partial charge in [-0.2, -0.15) is 15.6 Å². The van der Waals surface area contributed by atoms with Crippen molar-refractivity contribution in [1.29, 1.82) is 10.5 Å². The highest BCUT2D eigenvalue weighted by Gasteiger charge is 2.56. The van der Waals surface area contributed by atoms with Crippen LogP contribution >= 0.6 is 15.6 Å². The van der Waals surface area contributed by atoms with Gasteiger partial charge in [0.25, 0.3) is 5.91 Å². The van der Waals surface area contributed by atoms with E-state index in [1.807, 2.05) is 46.0 Å². The maximum Gasteiger partial charge on any atom is 0.475 e. The Morgan fingerprint density at radius 3 is 2.14 bits per heavy atom. The summed E-state index contributed by atoms with van der Waals surface area (Å²) < 4.78 is 105. The summed E-state index contributed by atoms with van der Waals surface area (Å²) in [7, 11) is -12.6. The number of nitrogens with zero attached hydrogens (tertiary/aromatic N) is 12. The second-order valence-corrected chi connectivity index (χ2v) is 26.0. The molecule has 2 aliphatic rings. The van der Waals surface area contributed by atoms with Gasteiger partial charge in [-0.25, -0.2) is 47.9 Å². The summed E-state index contributed by atoms with van der Waals surface area (Å²) in [5.41, 5.74) is 1.43. The van der Waals surface area contributed by atoms with E-state index < -0.39 is 110 Å². The van der Waals surface area contributed by atoms with Gasteiger partial charge in [0.2, 0.25) is 0 Å². The number of hydrogen-bond acceptors (Lipinski definition) is 22. The molecule has 2 fully saturated rings. The Morgan fingerprint density at radius 1 is 0.836 bits per heavy atom. The molecule has 2 saturated heterocycles. The molecule has 10 atom stereocenters. The molecule has 388 valence electrons. The number of fused-ring (bicyclic) bond motifs is 4. The molecule has 1 amide bonds. The van der Waals surface area contributed by atoms with Crippen LogP contribution in [0.4, 0.5) is 10.2 Å². The van der Waals surface area contributed by atoms with E-state index in [0.717, 1.165) is 6.33 Å².